The summed E-state index contributed by atoms with van der Waals surface area (Å²) in [7, 11) is 0. The number of aliphatic imine (C=N–C) groups is 1. The van der Waals surface area contributed by atoms with E-state index in [0.717, 1.165) is 12.1 Å². The number of rotatable bonds is 7. The van der Waals surface area contributed by atoms with Crippen LogP contribution in [0.25, 0.3) is 0 Å². The van der Waals surface area contributed by atoms with Crippen molar-refractivity contribution < 1.29 is 27.4 Å². The number of anilines is 1. The molecule has 1 aromatic carbocycles. The number of nitrogens with two attached hydrogens (primary N) is 2. The second-order valence-electron chi connectivity index (χ2n) is 6.67. The molecule has 2 heterocycles. The average molecular weight is 433 g/mol. The maximum absolute atomic E-state index is 14.5. The summed E-state index contributed by atoms with van der Waals surface area (Å²) in [5.74, 6) is 0.445. The lowest BCUT2D eigenvalue weighted by Crippen LogP contribution is -2.45. The molecule has 0 fully saturated rings. The van der Waals surface area contributed by atoms with E-state index in [1.165, 1.54) is 12.3 Å². The Balaban J connectivity index is 1.90. The summed E-state index contributed by atoms with van der Waals surface area (Å²) in [4.78, 5) is 24.2. The number of alkyl halides is 2. The summed E-state index contributed by atoms with van der Waals surface area (Å²) >= 11 is 0. The molecule has 1 atom stereocenters. The molecule has 4 N–H and O–H groups in total. The minimum Gasteiger partial charge on any atom is -0.463 e. The monoisotopic (exact) mass is 433 g/mol. The van der Waals surface area contributed by atoms with Crippen molar-refractivity contribution >= 4 is 17.4 Å². The van der Waals surface area contributed by atoms with Crippen molar-refractivity contribution in [3.8, 4) is 18.2 Å². The zero-order chi connectivity index (χ0) is 22.6. The van der Waals surface area contributed by atoms with E-state index < -0.39 is 35.7 Å². The highest BCUT2D eigenvalue weighted by molar-refractivity contribution is 5.99. The number of nitrogen functional groups attached to an aromatic ring is 1. The Morgan fingerprint density at radius 1 is 1.39 bits per heavy atom. The van der Waals surface area contributed by atoms with Gasteiger partial charge in [0.2, 0.25) is 5.88 Å². The zero-order valence-electron chi connectivity index (χ0n) is 16.1. The van der Waals surface area contributed by atoms with Crippen LogP contribution in [0.4, 0.5) is 19.0 Å². The Morgan fingerprint density at radius 3 is 2.81 bits per heavy atom. The summed E-state index contributed by atoms with van der Waals surface area (Å²) in [5.41, 5.74) is 8.68. The molecule has 162 valence electrons. The van der Waals surface area contributed by atoms with E-state index in [1.807, 2.05) is 0 Å². The lowest BCUT2D eigenvalue weighted by Gasteiger charge is -2.33. The number of amidine groups is 1. The van der Waals surface area contributed by atoms with Gasteiger partial charge in [-0.2, -0.15) is 4.98 Å². The first kappa shape index (κ1) is 22.0. The molecule has 0 aliphatic carbocycles. The molecular weight excluding hydrogens is 415 g/mol. The number of ketones is 1. The molecule has 3 rings (SSSR count). The van der Waals surface area contributed by atoms with E-state index in [-0.39, 0.29) is 48.4 Å². The first-order chi connectivity index (χ1) is 14.8. The molecule has 0 bridgehead atoms. The van der Waals surface area contributed by atoms with Gasteiger partial charge >= 0.3 is 0 Å². The van der Waals surface area contributed by atoms with Crippen molar-refractivity contribution in [3.05, 3.63) is 47.0 Å². The number of terminal acetylenes is 1. The highest BCUT2D eigenvalue weighted by Gasteiger charge is 2.46. The standard InChI is InChI=1S/C20H18F3N5O3/c1-2-5-31-16-8-26-17(18(25)27-16)14(29)7-11-3-4-13(21)12(6-11)20(19(22)23)10-30-9-15(24)28-20/h1,3-4,6,8,19H,5,7,9-10H2,(H2,24,28)(H2,25,27)/t20-/m0/s1. The fourth-order valence-electron chi connectivity index (χ4n) is 3.07. The number of halogens is 3. The smallest absolute Gasteiger partial charge is 0.269 e. The first-order valence-corrected chi connectivity index (χ1v) is 8.98. The maximum Gasteiger partial charge on any atom is 0.269 e. The number of hydrogen-bond acceptors (Lipinski definition) is 8. The largest absolute Gasteiger partial charge is 0.463 e. The van der Waals surface area contributed by atoms with Gasteiger partial charge in [-0.15, -0.1) is 6.42 Å². The highest BCUT2D eigenvalue weighted by Crippen LogP contribution is 2.37. The third-order valence-electron chi connectivity index (χ3n) is 4.48. The number of nitrogens with zero attached hydrogens (tertiary/aromatic N) is 3. The molecule has 0 saturated heterocycles. The summed E-state index contributed by atoms with van der Waals surface area (Å²) in [5, 5.41) is 0. The third kappa shape index (κ3) is 4.59. The maximum atomic E-state index is 14.5. The molecule has 0 spiro atoms. The molecule has 1 aliphatic rings. The first-order valence-electron chi connectivity index (χ1n) is 8.98. The predicted octanol–water partition coefficient (Wildman–Crippen LogP) is 1.48. The van der Waals surface area contributed by atoms with Crippen molar-refractivity contribution in [2.24, 2.45) is 10.7 Å². The molecule has 8 nitrogen and oxygen atoms in total. The Morgan fingerprint density at radius 2 is 2.16 bits per heavy atom. The highest BCUT2D eigenvalue weighted by atomic mass is 19.3. The van der Waals surface area contributed by atoms with E-state index in [2.05, 4.69) is 20.9 Å². The van der Waals surface area contributed by atoms with Gasteiger partial charge in [0.1, 0.15) is 24.0 Å². The van der Waals surface area contributed by atoms with Crippen LogP contribution in [0.5, 0.6) is 5.88 Å². The topological polar surface area (TPSA) is 126 Å². The zero-order valence-corrected chi connectivity index (χ0v) is 16.1. The Labute approximate surface area is 175 Å². The van der Waals surface area contributed by atoms with Gasteiger partial charge in [-0.3, -0.25) is 9.79 Å². The van der Waals surface area contributed by atoms with Gasteiger partial charge in [0.15, 0.2) is 23.7 Å². The van der Waals surface area contributed by atoms with Gasteiger partial charge in [0, 0.05) is 12.0 Å². The Bertz CT molecular complexity index is 1070. The second-order valence-corrected chi connectivity index (χ2v) is 6.67. The summed E-state index contributed by atoms with van der Waals surface area (Å²) in [6, 6.07) is 3.41. The number of aromatic nitrogens is 2. The van der Waals surface area contributed by atoms with Crippen LogP contribution in [0.3, 0.4) is 0 Å². The van der Waals surface area contributed by atoms with Crippen molar-refractivity contribution in [1.82, 2.24) is 9.97 Å². The number of ether oxygens (including phenoxy) is 2. The molecule has 0 unspecified atom stereocenters. The number of hydrogen-bond donors (Lipinski definition) is 2. The molecule has 0 radical (unpaired) electrons. The van der Waals surface area contributed by atoms with Gasteiger partial charge < -0.3 is 20.9 Å². The van der Waals surface area contributed by atoms with Gasteiger partial charge in [0.05, 0.1) is 12.8 Å². The second kappa shape index (κ2) is 9.01. The van der Waals surface area contributed by atoms with Crippen molar-refractivity contribution in [1.29, 1.82) is 0 Å². The van der Waals surface area contributed by atoms with E-state index in [0.29, 0.717) is 0 Å². The van der Waals surface area contributed by atoms with E-state index in [9.17, 15) is 18.0 Å². The molecule has 31 heavy (non-hydrogen) atoms. The normalized spacial score (nSPS) is 18.4. The van der Waals surface area contributed by atoms with Gasteiger partial charge in [-0.1, -0.05) is 12.0 Å². The van der Waals surface area contributed by atoms with Crippen LogP contribution in [0.2, 0.25) is 0 Å². The van der Waals surface area contributed by atoms with Gasteiger partial charge in [-0.05, 0) is 17.7 Å². The number of Topliss-reactive ketones (excluding diaryl/α,β-unsaturated/α-hetero) is 1. The van der Waals surface area contributed by atoms with Crippen molar-refractivity contribution in [3.63, 3.8) is 0 Å². The van der Waals surface area contributed by atoms with E-state index >= 15 is 0 Å². The van der Waals surface area contributed by atoms with Crippen LogP contribution in [0.1, 0.15) is 21.6 Å². The summed E-state index contributed by atoms with van der Waals surface area (Å²) in [6.07, 6.45) is 2.88. The molecule has 1 aromatic heterocycles. The third-order valence-corrected chi connectivity index (χ3v) is 4.48. The number of carbonyl (C=O) groups is 1. The fraction of sp³-hybridized carbons (Fsp3) is 0.300. The SMILES string of the molecule is C#CCOc1cnc(C(=O)Cc2ccc(F)c([C@]3(C(F)F)COCC(N)=N3)c2)c(N)n1. The van der Waals surface area contributed by atoms with Crippen LogP contribution < -0.4 is 16.2 Å². The summed E-state index contributed by atoms with van der Waals surface area (Å²) in [6.45, 7) is -0.743. The molecule has 0 saturated carbocycles. The van der Waals surface area contributed by atoms with E-state index in [1.54, 1.807) is 0 Å². The van der Waals surface area contributed by atoms with Crippen LogP contribution in [-0.2, 0) is 16.7 Å². The van der Waals surface area contributed by atoms with Crippen molar-refractivity contribution in [2.45, 2.75) is 18.4 Å². The average Bonchev–Trinajstić information content (AvgIpc) is 2.73. The minimum atomic E-state index is -3.09. The quantitative estimate of drug-likeness (QED) is 0.500. The lowest BCUT2D eigenvalue weighted by atomic mass is 9.88. The van der Waals surface area contributed by atoms with Gasteiger partial charge in [0.25, 0.3) is 6.43 Å². The van der Waals surface area contributed by atoms with Crippen LogP contribution >= 0.6 is 0 Å². The predicted molar refractivity (Wildman–Crippen MR) is 105 cm³/mol. The molecular formula is C20H18F3N5O3. The van der Waals surface area contributed by atoms with Crippen LogP contribution in [0, 0.1) is 18.2 Å². The molecule has 11 heteroatoms. The van der Waals surface area contributed by atoms with Crippen LogP contribution in [0.15, 0.2) is 29.4 Å². The van der Waals surface area contributed by atoms with Crippen molar-refractivity contribution in [2.75, 3.05) is 25.6 Å². The fourth-order valence-corrected chi connectivity index (χ4v) is 3.07. The Kier molecular flexibility index (Phi) is 6.41. The molecule has 1 aliphatic heterocycles. The minimum absolute atomic E-state index is 0.0442. The number of benzene rings is 1. The Hall–Kier alpha value is -3.65. The molecule has 0 amide bonds. The van der Waals surface area contributed by atoms with E-state index in [4.69, 9.17) is 27.4 Å². The van der Waals surface area contributed by atoms with Crippen LogP contribution in [-0.4, -0.2) is 47.8 Å². The molecule has 2 aromatic rings. The lowest BCUT2D eigenvalue weighted by molar-refractivity contribution is -0.0146. The summed E-state index contributed by atoms with van der Waals surface area (Å²) < 4.78 is 52.5. The number of carbonyl (C=O) groups excluding carboxylic acids is 1. The van der Waals surface area contributed by atoms with Gasteiger partial charge in [-0.25, -0.2) is 18.2 Å².